The summed E-state index contributed by atoms with van der Waals surface area (Å²) in [4.78, 5) is 2.13. The standard InChI is InChI=1S/C13H21ClN2/c1-4-11(15)8-10-6-7-13(12(14)9-10)16(3)5-2/h6-7,9,11H,4-5,8,15H2,1-3H3. The molecular formula is C13H21ClN2. The van der Waals surface area contributed by atoms with Crippen LogP contribution in [0.1, 0.15) is 25.8 Å². The first-order valence-electron chi connectivity index (χ1n) is 5.83. The maximum atomic E-state index is 6.25. The van der Waals surface area contributed by atoms with E-state index in [4.69, 9.17) is 17.3 Å². The molecule has 1 rings (SSSR count). The minimum absolute atomic E-state index is 0.228. The van der Waals surface area contributed by atoms with Crippen LogP contribution in [-0.4, -0.2) is 19.6 Å². The molecule has 0 aromatic heterocycles. The van der Waals surface area contributed by atoms with Gasteiger partial charge in [0.1, 0.15) is 0 Å². The Morgan fingerprint density at radius 2 is 2.06 bits per heavy atom. The van der Waals surface area contributed by atoms with Gasteiger partial charge in [-0.15, -0.1) is 0 Å². The molecule has 0 fully saturated rings. The first-order chi connectivity index (χ1) is 7.58. The zero-order chi connectivity index (χ0) is 12.1. The first kappa shape index (κ1) is 13.3. The quantitative estimate of drug-likeness (QED) is 0.857. The summed E-state index contributed by atoms with van der Waals surface area (Å²) in [6.45, 7) is 5.16. The Morgan fingerprint density at radius 3 is 2.56 bits per heavy atom. The molecule has 0 bridgehead atoms. The molecule has 0 radical (unpaired) electrons. The van der Waals surface area contributed by atoms with E-state index in [-0.39, 0.29) is 6.04 Å². The summed E-state index contributed by atoms with van der Waals surface area (Å²) in [5.74, 6) is 0. The van der Waals surface area contributed by atoms with E-state index in [9.17, 15) is 0 Å². The van der Waals surface area contributed by atoms with Crippen LogP contribution in [0.4, 0.5) is 5.69 Å². The molecule has 16 heavy (non-hydrogen) atoms. The molecule has 0 aliphatic carbocycles. The summed E-state index contributed by atoms with van der Waals surface area (Å²) in [5, 5.41) is 0.810. The lowest BCUT2D eigenvalue weighted by molar-refractivity contribution is 0.646. The van der Waals surface area contributed by atoms with Gasteiger partial charge in [-0.25, -0.2) is 0 Å². The van der Waals surface area contributed by atoms with E-state index in [0.29, 0.717) is 0 Å². The third-order valence-electron chi connectivity index (χ3n) is 2.92. The van der Waals surface area contributed by atoms with Crippen molar-refractivity contribution in [3.05, 3.63) is 28.8 Å². The van der Waals surface area contributed by atoms with E-state index in [1.807, 2.05) is 13.1 Å². The van der Waals surface area contributed by atoms with E-state index >= 15 is 0 Å². The Labute approximate surface area is 103 Å². The number of hydrogen-bond acceptors (Lipinski definition) is 2. The van der Waals surface area contributed by atoms with Gasteiger partial charge in [0.25, 0.3) is 0 Å². The molecule has 0 saturated heterocycles. The smallest absolute Gasteiger partial charge is 0.0642 e. The second-order valence-electron chi connectivity index (χ2n) is 4.17. The van der Waals surface area contributed by atoms with Crippen LogP contribution in [-0.2, 0) is 6.42 Å². The van der Waals surface area contributed by atoms with Crippen LogP contribution >= 0.6 is 11.6 Å². The van der Waals surface area contributed by atoms with Crippen molar-refractivity contribution in [1.82, 2.24) is 0 Å². The molecule has 0 spiro atoms. The zero-order valence-corrected chi connectivity index (χ0v) is 11.1. The first-order valence-corrected chi connectivity index (χ1v) is 6.21. The van der Waals surface area contributed by atoms with Gasteiger partial charge in [-0.2, -0.15) is 0 Å². The average molecular weight is 241 g/mol. The van der Waals surface area contributed by atoms with E-state index in [2.05, 4.69) is 30.9 Å². The molecule has 1 aromatic rings. The SMILES string of the molecule is CCC(N)Cc1ccc(N(C)CC)c(Cl)c1. The van der Waals surface area contributed by atoms with Gasteiger partial charge in [-0.05, 0) is 37.5 Å². The maximum Gasteiger partial charge on any atom is 0.0642 e. The Balaban J connectivity index is 2.82. The summed E-state index contributed by atoms with van der Waals surface area (Å²) < 4.78 is 0. The van der Waals surface area contributed by atoms with Crippen LogP contribution in [0.5, 0.6) is 0 Å². The van der Waals surface area contributed by atoms with Crippen molar-refractivity contribution in [3.63, 3.8) is 0 Å². The minimum atomic E-state index is 0.228. The molecule has 1 unspecified atom stereocenters. The predicted octanol–water partition coefficient (Wildman–Crippen LogP) is 3.08. The molecule has 2 N–H and O–H groups in total. The lowest BCUT2D eigenvalue weighted by Gasteiger charge is -2.19. The van der Waals surface area contributed by atoms with Crippen molar-refractivity contribution in [1.29, 1.82) is 0 Å². The largest absolute Gasteiger partial charge is 0.374 e. The summed E-state index contributed by atoms with van der Waals surface area (Å²) in [6, 6.07) is 6.44. The fourth-order valence-corrected chi connectivity index (χ4v) is 1.95. The van der Waals surface area contributed by atoms with E-state index < -0.39 is 0 Å². The van der Waals surface area contributed by atoms with Crippen LogP contribution < -0.4 is 10.6 Å². The highest BCUT2D eigenvalue weighted by Gasteiger charge is 2.07. The molecule has 0 aliphatic heterocycles. The molecule has 90 valence electrons. The summed E-state index contributed by atoms with van der Waals surface area (Å²) >= 11 is 6.25. The molecule has 3 heteroatoms. The molecular weight excluding hydrogens is 220 g/mol. The van der Waals surface area contributed by atoms with Gasteiger partial charge in [0.05, 0.1) is 10.7 Å². The number of halogens is 1. The molecule has 0 aliphatic rings. The normalized spacial score (nSPS) is 12.6. The van der Waals surface area contributed by atoms with Gasteiger partial charge in [-0.3, -0.25) is 0 Å². The van der Waals surface area contributed by atoms with Crippen molar-refractivity contribution < 1.29 is 0 Å². The van der Waals surface area contributed by atoms with E-state index in [1.165, 1.54) is 5.56 Å². The maximum absolute atomic E-state index is 6.25. The lowest BCUT2D eigenvalue weighted by Crippen LogP contribution is -2.21. The van der Waals surface area contributed by atoms with E-state index in [0.717, 1.165) is 30.1 Å². The Kier molecular flexibility index (Phi) is 5.10. The number of anilines is 1. The second kappa shape index (κ2) is 6.12. The van der Waals surface area contributed by atoms with Crippen molar-refractivity contribution in [2.45, 2.75) is 32.7 Å². The van der Waals surface area contributed by atoms with Crippen LogP contribution in [0.2, 0.25) is 5.02 Å². The predicted molar refractivity (Wildman–Crippen MR) is 72.4 cm³/mol. The number of benzene rings is 1. The van der Waals surface area contributed by atoms with Gasteiger partial charge in [0.15, 0.2) is 0 Å². The van der Waals surface area contributed by atoms with Crippen molar-refractivity contribution in [3.8, 4) is 0 Å². The van der Waals surface area contributed by atoms with Gasteiger partial charge < -0.3 is 10.6 Å². The summed E-state index contributed by atoms with van der Waals surface area (Å²) in [6.07, 6.45) is 1.89. The van der Waals surface area contributed by atoms with Crippen LogP contribution in [0.3, 0.4) is 0 Å². The lowest BCUT2D eigenvalue weighted by atomic mass is 10.0. The highest BCUT2D eigenvalue weighted by molar-refractivity contribution is 6.33. The van der Waals surface area contributed by atoms with Crippen LogP contribution in [0.15, 0.2) is 18.2 Å². The number of hydrogen-bond donors (Lipinski definition) is 1. The van der Waals surface area contributed by atoms with Gasteiger partial charge in [0.2, 0.25) is 0 Å². The van der Waals surface area contributed by atoms with Crippen LogP contribution in [0, 0.1) is 0 Å². The number of nitrogens with zero attached hydrogens (tertiary/aromatic N) is 1. The topological polar surface area (TPSA) is 29.3 Å². The minimum Gasteiger partial charge on any atom is -0.374 e. The van der Waals surface area contributed by atoms with Gasteiger partial charge in [-0.1, -0.05) is 24.6 Å². The van der Waals surface area contributed by atoms with E-state index in [1.54, 1.807) is 0 Å². The summed E-state index contributed by atoms with van der Waals surface area (Å²) in [7, 11) is 2.04. The van der Waals surface area contributed by atoms with Crippen molar-refractivity contribution >= 4 is 17.3 Å². The van der Waals surface area contributed by atoms with Crippen molar-refractivity contribution in [2.24, 2.45) is 5.73 Å². The molecule has 0 amide bonds. The second-order valence-corrected chi connectivity index (χ2v) is 4.58. The number of rotatable bonds is 5. The van der Waals surface area contributed by atoms with Crippen molar-refractivity contribution in [2.75, 3.05) is 18.5 Å². The highest BCUT2D eigenvalue weighted by Crippen LogP contribution is 2.26. The molecule has 1 atom stereocenters. The van der Waals surface area contributed by atoms with Gasteiger partial charge >= 0.3 is 0 Å². The average Bonchev–Trinajstić information content (AvgIpc) is 2.28. The zero-order valence-electron chi connectivity index (χ0n) is 10.3. The molecule has 1 aromatic carbocycles. The number of nitrogens with two attached hydrogens (primary N) is 1. The van der Waals surface area contributed by atoms with Crippen LogP contribution in [0.25, 0.3) is 0 Å². The monoisotopic (exact) mass is 240 g/mol. The molecule has 2 nitrogen and oxygen atoms in total. The molecule has 0 saturated carbocycles. The van der Waals surface area contributed by atoms with Gasteiger partial charge in [0, 0.05) is 19.6 Å². The summed E-state index contributed by atoms with van der Waals surface area (Å²) in [5.41, 5.74) is 8.22. The molecule has 0 heterocycles. The fourth-order valence-electron chi connectivity index (χ4n) is 1.60. The highest BCUT2D eigenvalue weighted by atomic mass is 35.5. The Hall–Kier alpha value is -0.730. The third kappa shape index (κ3) is 3.39. The Morgan fingerprint density at radius 1 is 1.38 bits per heavy atom. The fraction of sp³-hybridized carbons (Fsp3) is 0.538. The third-order valence-corrected chi connectivity index (χ3v) is 3.22. The Bertz CT molecular complexity index is 339.